The molecule has 0 fully saturated rings. The number of nitrogens with zero attached hydrogens (tertiary/aromatic N) is 1. The minimum atomic E-state index is -4.62. The number of hydrazine groups is 1. The third-order valence-corrected chi connectivity index (χ3v) is 2.67. The summed E-state index contributed by atoms with van der Waals surface area (Å²) >= 11 is 0. The van der Waals surface area contributed by atoms with Crippen molar-refractivity contribution in [3.63, 3.8) is 0 Å². The third kappa shape index (κ3) is 3.31. The maximum Gasteiger partial charge on any atom is 0.418 e. The molecule has 0 radical (unpaired) electrons. The standard InChI is InChI=1S/C12H11F3N4O2/c13-12(14,15)9-3-1-2-8(10(9)19-16)11(20)17-6-7-4-5-18-21-7/h1-5,19H,6,16H2,(H,17,20). The largest absolute Gasteiger partial charge is 0.418 e. The molecule has 0 bridgehead atoms. The molecule has 1 aromatic heterocycles. The van der Waals surface area contributed by atoms with E-state index in [1.807, 2.05) is 5.43 Å². The molecule has 1 aromatic carbocycles. The van der Waals surface area contributed by atoms with Gasteiger partial charge in [-0.2, -0.15) is 13.2 Å². The number of rotatable bonds is 4. The molecule has 4 N–H and O–H groups in total. The van der Waals surface area contributed by atoms with Gasteiger partial charge in [-0.25, -0.2) is 0 Å². The Morgan fingerprint density at radius 3 is 2.67 bits per heavy atom. The molecule has 21 heavy (non-hydrogen) atoms. The first kappa shape index (κ1) is 14.9. The van der Waals surface area contributed by atoms with Crippen LogP contribution in [0.25, 0.3) is 0 Å². The minimum absolute atomic E-state index is 0.000903. The van der Waals surface area contributed by atoms with E-state index >= 15 is 0 Å². The summed E-state index contributed by atoms with van der Waals surface area (Å²) in [5.41, 5.74) is 0.210. The van der Waals surface area contributed by atoms with Crippen LogP contribution < -0.4 is 16.6 Å². The van der Waals surface area contributed by atoms with Gasteiger partial charge in [0.05, 0.1) is 29.6 Å². The fraction of sp³-hybridized carbons (Fsp3) is 0.167. The van der Waals surface area contributed by atoms with Gasteiger partial charge in [-0.3, -0.25) is 10.6 Å². The van der Waals surface area contributed by atoms with Gasteiger partial charge in [0.25, 0.3) is 5.91 Å². The van der Waals surface area contributed by atoms with Gasteiger partial charge in [0.15, 0.2) is 5.76 Å². The predicted octanol–water partition coefficient (Wildman–Crippen LogP) is 1.91. The second kappa shape index (κ2) is 5.83. The normalized spacial score (nSPS) is 11.2. The van der Waals surface area contributed by atoms with Crippen LogP contribution in [0.2, 0.25) is 0 Å². The summed E-state index contributed by atoms with van der Waals surface area (Å²) in [6.45, 7) is -0.000903. The molecule has 1 amide bonds. The lowest BCUT2D eigenvalue weighted by molar-refractivity contribution is -0.137. The topological polar surface area (TPSA) is 93.2 Å². The summed E-state index contributed by atoms with van der Waals surface area (Å²) < 4.78 is 43.3. The summed E-state index contributed by atoms with van der Waals surface area (Å²) in [6, 6.07) is 4.73. The second-order valence-corrected chi connectivity index (χ2v) is 4.03. The summed E-state index contributed by atoms with van der Waals surface area (Å²) in [4.78, 5) is 12.0. The van der Waals surface area contributed by atoms with Crippen molar-refractivity contribution in [2.75, 3.05) is 5.43 Å². The molecule has 6 nitrogen and oxygen atoms in total. The summed E-state index contributed by atoms with van der Waals surface area (Å²) in [6.07, 6.45) is -3.23. The zero-order chi connectivity index (χ0) is 15.5. The number of alkyl halides is 3. The second-order valence-electron chi connectivity index (χ2n) is 4.03. The highest BCUT2D eigenvalue weighted by Crippen LogP contribution is 2.36. The number of aromatic nitrogens is 1. The van der Waals surface area contributed by atoms with Gasteiger partial charge in [0.2, 0.25) is 0 Å². The molecule has 1 heterocycles. The summed E-state index contributed by atoms with van der Waals surface area (Å²) in [5, 5.41) is 5.86. The third-order valence-electron chi connectivity index (χ3n) is 2.67. The van der Waals surface area contributed by atoms with Gasteiger partial charge in [-0.1, -0.05) is 11.2 Å². The SMILES string of the molecule is NNc1c(C(=O)NCc2ccno2)cccc1C(F)(F)F. The lowest BCUT2D eigenvalue weighted by Gasteiger charge is -2.15. The average molecular weight is 300 g/mol. The van der Waals surface area contributed by atoms with E-state index < -0.39 is 23.3 Å². The Morgan fingerprint density at radius 2 is 2.10 bits per heavy atom. The van der Waals surface area contributed by atoms with Crippen LogP contribution in [0.15, 0.2) is 35.0 Å². The van der Waals surface area contributed by atoms with Crippen molar-refractivity contribution in [3.05, 3.63) is 47.3 Å². The number of carbonyl (C=O) groups is 1. The van der Waals surface area contributed by atoms with E-state index in [1.54, 1.807) is 0 Å². The van der Waals surface area contributed by atoms with Crippen molar-refractivity contribution < 1.29 is 22.5 Å². The van der Waals surface area contributed by atoms with Gasteiger partial charge >= 0.3 is 6.18 Å². The highest BCUT2D eigenvalue weighted by molar-refractivity contribution is 6.00. The van der Waals surface area contributed by atoms with Gasteiger partial charge in [-0.15, -0.1) is 0 Å². The molecule has 9 heteroatoms. The van der Waals surface area contributed by atoms with E-state index in [9.17, 15) is 18.0 Å². The minimum Gasteiger partial charge on any atom is -0.360 e. The van der Waals surface area contributed by atoms with Crippen LogP contribution in [0, 0.1) is 0 Å². The zero-order valence-electron chi connectivity index (χ0n) is 10.6. The van der Waals surface area contributed by atoms with Crippen LogP contribution in [0.4, 0.5) is 18.9 Å². The van der Waals surface area contributed by atoms with Gasteiger partial charge in [0, 0.05) is 6.07 Å². The molecule has 0 unspecified atom stereocenters. The van der Waals surface area contributed by atoms with Crippen LogP contribution in [-0.4, -0.2) is 11.1 Å². The van der Waals surface area contributed by atoms with Gasteiger partial charge in [-0.05, 0) is 12.1 Å². The molecular weight excluding hydrogens is 289 g/mol. The zero-order valence-corrected chi connectivity index (χ0v) is 10.6. The fourth-order valence-corrected chi connectivity index (χ4v) is 1.73. The van der Waals surface area contributed by atoms with Crippen LogP contribution in [-0.2, 0) is 12.7 Å². The van der Waals surface area contributed by atoms with E-state index in [0.29, 0.717) is 5.76 Å². The highest BCUT2D eigenvalue weighted by Gasteiger charge is 2.35. The Kier molecular flexibility index (Phi) is 4.13. The maximum atomic E-state index is 12.8. The average Bonchev–Trinajstić information content (AvgIpc) is 2.96. The summed E-state index contributed by atoms with van der Waals surface area (Å²) in [7, 11) is 0. The molecule has 0 saturated heterocycles. The number of amides is 1. The van der Waals surface area contributed by atoms with Crippen LogP contribution in [0.3, 0.4) is 0 Å². The number of anilines is 1. The lowest BCUT2D eigenvalue weighted by Crippen LogP contribution is -2.26. The van der Waals surface area contributed by atoms with Crippen molar-refractivity contribution >= 4 is 11.6 Å². The first-order valence-corrected chi connectivity index (χ1v) is 5.78. The molecule has 112 valence electrons. The lowest BCUT2D eigenvalue weighted by atomic mass is 10.1. The molecule has 0 aliphatic heterocycles. The van der Waals surface area contributed by atoms with Crippen molar-refractivity contribution in [1.82, 2.24) is 10.5 Å². The molecule has 2 rings (SSSR count). The van der Waals surface area contributed by atoms with Crippen LogP contribution in [0.1, 0.15) is 21.7 Å². The number of carbonyl (C=O) groups excluding carboxylic acids is 1. The summed E-state index contributed by atoms with van der Waals surface area (Å²) in [5.74, 6) is 4.77. The first-order chi connectivity index (χ1) is 9.93. The maximum absolute atomic E-state index is 12.8. The quantitative estimate of drug-likeness (QED) is 0.592. The monoisotopic (exact) mass is 300 g/mol. The number of nitrogens with two attached hydrogens (primary N) is 1. The smallest absolute Gasteiger partial charge is 0.360 e. The van der Waals surface area contributed by atoms with Gasteiger partial charge < -0.3 is 15.3 Å². The van der Waals surface area contributed by atoms with E-state index in [-0.39, 0.29) is 12.1 Å². The Bertz CT molecular complexity index is 626. The number of nitrogen functional groups attached to an aromatic ring is 1. The first-order valence-electron chi connectivity index (χ1n) is 5.78. The molecular formula is C12H11F3N4O2. The van der Waals surface area contributed by atoms with Crippen molar-refractivity contribution in [1.29, 1.82) is 0 Å². The van der Waals surface area contributed by atoms with Crippen molar-refractivity contribution in [3.8, 4) is 0 Å². The van der Waals surface area contributed by atoms with Crippen LogP contribution >= 0.6 is 0 Å². The number of para-hydroxylation sites is 1. The number of halogens is 3. The van der Waals surface area contributed by atoms with E-state index in [1.165, 1.54) is 18.3 Å². The van der Waals surface area contributed by atoms with Crippen molar-refractivity contribution in [2.45, 2.75) is 12.7 Å². The molecule has 0 saturated carbocycles. The van der Waals surface area contributed by atoms with Crippen molar-refractivity contribution in [2.24, 2.45) is 5.84 Å². The molecule has 0 aliphatic rings. The number of hydrogen-bond acceptors (Lipinski definition) is 5. The molecule has 0 aliphatic carbocycles. The molecule has 2 aromatic rings. The number of hydrogen-bond donors (Lipinski definition) is 3. The highest BCUT2D eigenvalue weighted by atomic mass is 19.4. The number of nitrogens with one attached hydrogen (secondary N) is 2. The number of benzene rings is 1. The van der Waals surface area contributed by atoms with Crippen LogP contribution in [0.5, 0.6) is 0 Å². The Hall–Kier alpha value is -2.55. The Labute approximate surface area is 117 Å². The molecule has 0 atom stereocenters. The van der Waals surface area contributed by atoms with Gasteiger partial charge in [0.1, 0.15) is 0 Å². The van der Waals surface area contributed by atoms with E-state index in [0.717, 1.165) is 12.1 Å². The van der Waals surface area contributed by atoms with E-state index in [4.69, 9.17) is 10.4 Å². The fourth-order valence-electron chi connectivity index (χ4n) is 1.73. The van der Waals surface area contributed by atoms with E-state index in [2.05, 4.69) is 10.5 Å². The Balaban J connectivity index is 2.24. The molecule has 0 spiro atoms. The predicted molar refractivity (Wildman–Crippen MR) is 66.9 cm³/mol. The Morgan fingerprint density at radius 1 is 1.33 bits per heavy atom.